The highest BCUT2D eigenvalue weighted by Crippen LogP contribution is 2.21. The lowest BCUT2D eigenvalue weighted by molar-refractivity contribution is 0.605. The minimum absolute atomic E-state index is 0.431. The van der Waals surface area contributed by atoms with Crippen LogP contribution in [-0.4, -0.2) is 9.55 Å². The summed E-state index contributed by atoms with van der Waals surface area (Å²) in [4.78, 5) is 5.60. The van der Waals surface area contributed by atoms with Crippen molar-refractivity contribution in [1.29, 1.82) is 0 Å². The molecule has 0 aliphatic heterocycles. The maximum Gasteiger partial charge on any atom is 0.203 e. The number of nitrogens with zero attached hydrogens (tertiary/aromatic N) is 2. The van der Waals surface area contributed by atoms with Crippen molar-refractivity contribution in [3.8, 4) is 0 Å². The van der Waals surface area contributed by atoms with Crippen LogP contribution >= 0.6 is 27.3 Å². The third-order valence-corrected chi connectivity index (χ3v) is 3.97. The van der Waals surface area contributed by atoms with E-state index in [0.717, 1.165) is 17.0 Å². The topological polar surface area (TPSA) is 29.9 Å². The lowest BCUT2D eigenvalue weighted by Gasteiger charge is -2.11. The first-order valence-corrected chi connectivity index (χ1v) is 6.83. The Hall–Kier alpha value is -0.810. The van der Waals surface area contributed by atoms with E-state index in [2.05, 4.69) is 56.1 Å². The fourth-order valence-electron chi connectivity index (χ4n) is 1.48. The second kappa shape index (κ2) is 5.01. The summed E-state index contributed by atoms with van der Waals surface area (Å²) in [5, 5.41) is 5.43. The maximum absolute atomic E-state index is 4.30. The fourth-order valence-corrected chi connectivity index (χ4v) is 2.87. The summed E-state index contributed by atoms with van der Waals surface area (Å²) in [5.74, 6) is 0.930. The van der Waals surface area contributed by atoms with Crippen LogP contribution in [-0.2, 0) is 6.54 Å². The molecule has 0 bridgehead atoms. The molecular formula is C11H14BrN3S. The Labute approximate surface area is 108 Å². The molecule has 0 saturated heterocycles. The zero-order valence-corrected chi connectivity index (χ0v) is 11.7. The van der Waals surface area contributed by atoms with Gasteiger partial charge in [0.05, 0.1) is 6.54 Å². The first kappa shape index (κ1) is 11.7. The maximum atomic E-state index is 4.30. The van der Waals surface area contributed by atoms with E-state index in [9.17, 15) is 0 Å². The van der Waals surface area contributed by atoms with E-state index in [0.29, 0.717) is 6.04 Å². The van der Waals surface area contributed by atoms with Crippen LogP contribution in [0.3, 0.4) is 0 Å². The van der Waals surface area contributed by atoms with Gasteiger partial charge in [-0.3, -0.25) is 0 Å². The Kier molecular flexibility index (Phi) is 3.66. The number of nitrogens with one attached hydrogen (secondary N) is 1. The zero-order chi connectivity index (χ0) is 11.5. The molecule has 2 aromatic heterocycles. The highest BCUT2D eigenvalue weighted by molar-refractivity contribution is 9.10. The van der Waals surface area contributed by atoms with Crippen molar-refractivity contribution < 1.29 is 0 Å². The van der Waals surface area contributed by atoms with Gasteiger partial charge in [0.2, 0.25) is 5.95 Å². The smallest absolute Gasteiger partial charge is 0.203 e. The molecule has 0 amide bonds. The Balaban J connectivity index is 2.02. The Morgan fingerprint density at radius 1 is 1.56 bits per heavy atom. The molecule has 0 saturated carbocycles. The fraction of sp³-hybridized carbons (Fsp3) is 0.364. The van der Waals surface area contributed by atoms with E-state index >= 15 is 0 Å². The molecule has 16 heavy (non-hydrogen) atoms. The molecule has 0 spiro atoms. The molecule has 5 heteroatoms. The van der Waals surface area contributed by atoms with E-state index in [-0.39, 0.29) is 0 Å². The van der Waals surface area contributed by atoms with Crippen molar-refractivity contribution >= 4 is 33.2 Å². The molecule has 3 nitrogen and oxygen atoms in total. The Bertz CT molecular complexity index is 461. The molecule has 0 unspecified atom stereocenters. The summed E-state index contributed by atoms with van der Waals surface area (Å²) < 4.78 is 3.27. The van der Waals surface area contributed by atoms with Crippen molar-refractivity contribution in [3.05, 3.63) is 33.2 Å². The summed E-state index contributed by atoms with van der Waals surface area (Å²) in [5.41, 5.74) is 0. The standard InChI is InChI=1S/C11H14BrN3S/c1-8(2)15-4-3-13-11(15)14-6-10-5-9(12)7-16-10/h3-5,7-8H,6H2,1-2H3,(H,13,14). The van der Waals surface area contributed by atoms with Crippen molar-refractivity contribution in [3.63, 3.8) is 0 Å². The highest BCUT2D eigenvalue weighted by atomic mass is 79.9. The summed E-state index contributed by atoms with van der Waals surface area (Å²) in [6.07, 6.45) is 3.82. The van der Waals surface area contributed by atoms with E-state index < -0.39 is 0 Å². The molecule has 0 aromatic carbocycles. The number of anilines is 1. The molecule has 0 radical (unpaired) electrons. The molecule has 2 rings (SSSR count). The summed E-state index contributed by atoms with van der Waals surface area (Å²) >= 11 is 5.19. The highest BCUT2D eigenvalue weighted by Gasteiger charge is 2.05. The lowest BCUT2D eigenvalue weighted by atomic mass is 10.4. The molecular weight excluding hydrogens is 286 g/mol. The number of rotatable bonds is 4. The van der Waals surface area contributed by atoms with E-state index in [1.807, 2.05) is 12.4 Å². The van der Waals surface area contributed by atoms with Crippen molar-refractivity contribution in [2.45, 2.75) is 26.4 Å². The summed E-state index contributed by atoms with van der Waals surface area (Å²) in [6.45, 7) is 5.11. The predicted molar refractivity (Wildman–Crippen MR) is 72.0 cm³/mol. The molecule has 86 valence electrons. The minimum Gasteiger partial charge on any atom is -0.351 e. The van der Waals surface area contributed by atoms with Gasteiger partial charge in [-0.1, -0.05) is 0 Å². The summed E-state index contributed by atoms with van der Waals surface area (Å²) in [6, 6.07) is 2.56. The first-order valence-electron chi connectivity index (χ1n) is 5.16. The van der Waals surface area contributed by atoms with Crippen LogP contribution in [0.2, 0.25) is 0 Å². The quantitative estimate of drug-likeness (QED) is 0.928. The molecule has 0 aliphatic rings. The van der Waals surface area contributed by atoms with Crippen LogP contribution in [0.15, 0.2) is 28.3 Å². The summed E-state index contributed by atoms with van der Waals surface area (Å²) in [7, 11) is 0. The van der Waals surface area contributed by atoms with Gasteiger partial charge < -0.3 is 9.88 Å². The van der Waals surface area contributed by atoms with Crippen molar-refractivity contribution in [1.82, 2.24) is 9.55 Å². The third kappa shape index (κ3) is 2.65. The molecule has 1 N–H and O–H groups in total. The van der Waals surface area contributed by atoms with E-state index in [4.69, 9.17) is 0 Å². The second-order valence-electron chi connectivity index (χ2n) is 3.84. The number of thiophene rings is 1. The number of aromatic nitrogens is 2. The van der Waals surface area contributed by atoms with E-state index in [1.165, 1.54) is 4.88 Å². The third-order valence-electron chi connectivity index (χ3n) is 2.27. The van der Waals surface area contributed by atoms with Gasteiger partial charge in [0.15, 0.2) is 0 Å². The Morgan fingerprint density at radius 3 is 3.00 bits per heavy atom. The number of halogens is 1. The molecule has 2 heterocycles. The molecule has 2 aromatic rings. The van der Waals surface area contributed by atoms with Gasteiger partial charge in [-0.25, -0.2) is 4.98 Å². The van der Waals surface area contributed by atoms with Crippen LogP contribution in [0.1, 0.15) is 24.8 Å². The average molecular weight is 300 g/mol. The zero-order valence-electron chi connectivity index (χ0n) is 9.27. The van der Waals surface area contributed by atoms with Gasteiger partial charge in [-0.15, -0.1) is 11.3 Å². The van der Waals surface area contributed by atoms with Gasteiger partial charge in [0.1, 0.15) is 0 Å². The van der Waals surface area contributed by atoms with Gasteiger partial charge in [-0.2, -0.15) is 0 Å². The number of imidazole rings is 1. The minimum atomic E-state index is 0.431. The average Bonchev–Trinajstić information content (AvgIpc) is 2.83. The largest absolute Gasteiger partial charge is 0.351 e. The van der Waals surface area contributed by atoms with Gasteiger partial charge in [-0.05, 0) is 35.8 Å². The van der Waals surface area contributed by atoms with Crippen LogP contribution in [0.5, 0.6) is 0 Å². The normalized spacial score (nSPS) is 11.0. The van der Waals surface area contributed by atoms with E-state index in [1.54, 1.807) is 11.3 Å². The van der Waals surface area contributed by atoms with Crippen LogP contribution < -0.4 is 5.32 Å². The first-order chi connectivity index (χ1) is 7.66. The number of hydrogen-bond acceptors (Lipinski definition) is 3. The SMILES string of the molecule is CC(C)n1ccnc1NCc1cc(Br)cs1. The molecule has 0 aliphatic carbocycles. The number of hydrogen-bond donors (Lipinski definition) is 1. The van der Waals surface area contributed by atoms with Gasteiger partial charge in [0, 0.05) is 33.2 Å². The lowest BCUT2D eigenvalue weighted by Crippen LogP contribution is -2.08. The molecule has 0 fully saturated rings. The van der Waals surface area contributed by atoms with Crippen molar-refractivity contribution in [2.24, 2.45) is 0 Å². The van der Waals surface area contributed by atoms with Crippen LogP contribution in [0, 0.1) is 0 Å². The second-order valence-corrected chi connectivity index (χ2v) is 5.75. The van der Waals surface area contributed by atoms with Gasteiger partial charge in [0.25, 0.3) is 0 Å². The Morgan fingerprint density at radius 2 is 2.38 bits per heavy atom. The predicted octanol–water partition coefficient (Wildman–Crippen LogP) is 3.90. The monoisotopic (exact) mass is 299 g/mol. The van der Waals surface area contributed by atoms with Crippen LogP contribution in [0.4, 0.5) is 5.95 Å². The molecule has 0 atom stereocenters. The van der Waals surface area contributed by atoms with Crippen LogP contribution in [0.25, 0.3) is 0 Å². The van der Waals surface area contributed by atoms with Gasteiger partial charge >= 0.3 is 0 Å². The van der Waals surface area contributed by atoms with Crippen molar-refractivity contribution in [2.75, 3.05) is 5.32 Å².